The Hall–Kier alpha value is -1.35. The van der Waals surface area contributed by atoms with Gasteiger partial charge in [0, 0.05) is 20.1 Å². The molecule has 0 rings (SSSR count). The summed E-state index contributed by atoms with van der Waals surface area (Å²) in [6.45, 7) is 0.112. The van der Waals surface area contributed by atoms with Crippen LogP contribution in [-0.2, 0) is 14.8 Å². The highest BCUT2D eigenvalue weighted by Crippen LogP contribution is 1.85. The molecular weight excluding hydrogens is 250 g/mol. The molecular formula is C8H17N3O5S. The summed E-state index contributed by atoms with van der Waals surface area (Å²) in [5, 5.41) is 10.9. The van der Waals surface area contributed by atoms with Crippen molar-refractivity contribution in [1.82, 2.24) is 14.9 Å². The second-order valence-electron chi connectivity index (χ2n) is 3.50. The average Bonchev–Trinajstić information content (AvgIpc) is 2.13. The van der Waals surface area contributed by atoms with Gasteiger partial charge in [-0.1, -0.05) is 0 Å². The first-order valence-electron chi connectivity index (χ1n) is 4.88. The Labute approximate surface area is 100 Å². The Kier molecular flexibility index (Phi) is 6.51. The number of carbonyl (C=O) groups is 2. The van der Waals surface area contributed by atoms with Crippen LogP contribution >= 0.6 is 0 Å². The minimum Gasteiger partial charge on any atom is -0.480 e. The van der Waals surface area contributed by atoms with Crippen LogP contribution in [-0.4, -0.2) is 63.4 Å². The number of nitrogens with one attached hydrogen (secondary N) is 2. The van der Waals surface area contributed by atoms with Crippen molar-refractivity contribution in [2.75, 3.05) is 32.9 Å². The second kappa shape index (κ2) is 7.07. The molecule has 0 unspecified atom stereocenters. The van der Waals surface area contributed by atoms with Crippen LogP contribution in [0.4, 0.5) is 4.79 Å². The van der Waals surface area contributed by atoms with Gasteiger partial charge in [-0.15, -0.1) is 0 Å². The molecule has 0 bridgehead atoms. The third-order valence-electron chi connectivity index (χ3n) is 1.71. The van der Waals surface area contributed by atoms with Gasteiger partial charge in [0.1, 0.15) is 6.54 Å². The van der Waals surface area contributed by atoms with Gasteiger partial charge in [0.25, 0.3) is 0 Å². The number of rotatable bonds is 7. The molecule has 0 saturated heterocycles. The van der Waals surface area contributed by atoms with Crippen LogP contribution in [0.2, 0.25) is 0 Å². The van der Waals surface area contributed by atoms with Gasteiger partial charge >= 0.3 is 12.0 Å². The Morgan fingerprint density at radius 1 is 1.29 bits per heavy atom. The fourth-order valence-corrected chi connectivity index (χ4v) is 1.47. The van der Waals surface area contributed by atoms with E-state index in [9.17, 15) is 18.0 Å². The number of aliphatic carboxylic acids is 1. The van der Waals surface area contributed by atoms with Crippen molar-refractivity contribution < 1.29 is 23.1 Å². The summed E-state index contributed by atoms with van der Waals surface area (Å²) in [6.07, 6.45) is 1.48. The minimum atomic E-state index is -3.21. The molecule has 0 fully saturated rings. The van der Waals surface area contributed by atoms with Crippen LogP contribution in [0, 0.1) is 0 Å². The third kappa shape index (κ3) is 9.57. The summed E-state index contributed by atoms with van der Waals surface area (Å²) in [5.74, 6) is -1.10. The molecule has 0 aromatic rings. The number of hydrogen-bond acceptors (Lipinski definition) is 4. The van der Waals surface area contributed by atoms with Gasteiger partial charge in [0.05, 0.1) is 6.26 Å². The zero-order valence-corrected chi connectivity index (χ0v) is 10.6. The molecule has 0 aliphatic heterocycles. The monoisotopic (exact) mass is 267 g/mol. The fourth-order valence-electron chi connectivity index (χ4n) is 0.951. The topological polar surface area (TPSA) is 116 Å². The van der Waals surface area contributed by atoms with Gasteiger partial charge in [-0.05, 0) is 6.42 Å². The van der Waals surface area contributed by atoms with E-state index in [1.165, 1.54) is 7.05 Å². The van der Waals surface area contributed by atoms with Gasteiger partial charge in [-0.3, -0.25) is 4.79 Å². The summed E-state index contributed by atoms with van der Waals surface area (Å²) in [5.41, 5.74) is 0. The Morgan fingerprint density at radius 3 is 2.35 bits per heavy atom. The standard InChI is InChI=1S/C8H17N3O5S/c1-11(6-7(12)13)8(14)9-4-3-5-10-17(2,15)16/h10H,3-6H2,1-2H3,(H,9,14)(H,12,13). The summed E-state index contributed by atoms with van der Waals surface area (Å²) < 4.78 is 23.6. The molecule has 0 heterocycles. The maximum atomic E-state index is 11.3. The van der Waals surface area contributed by atoms with Crippen molar-refractivity contribution in [2.24, 2.45) is 0 Å². The molecule has 0 aliphatic carbocycles. The number of carbonyl (C=O) groups excluding carboxylic acids is 1. The van der Waals surface area contributed by atoms with Crippen molar-refractivity contribution in [3.05, 3.63) is 0 Å². The molecule has 8 nitrogen and oxygen atoms in total. The van der Waals surface area contributed by atoms with Crippen molar-refractivity contribution in [1.29, 1.82) is 0 Å². The highest BCUT2D eigenvalue weighted by Gasteiger charge is 2.10. The van der Waals surface area contributed by atoms with Crippen molar-refractivity contribution in [3.63, 3.8) is 0 Å². The van der Waals surface area contributed by atoms with Crippen LogP contribution in [0.5, 0.6) is 0 Å². The minimum absolute atomic E-state index is 0.224. The zero-order valence-electron chi connectivity index (χ0n) is 9.76. The molecule has 100 valence electrons. The predicted molar refractivity (Wildman–Crippen MR) is 61.1 cm³/mol. The maximum Gasteiger partial charge on any atom is 0.323 e. The van der Waals surface area contributed by atoms with Gasteiger partial charge in [0.15, 0.2) is 0 Å². The van der Waals surface area contributed by atoms with Crippen molar-refractivity contribution in [3.8, 4) is 0 Å². The van der Waals surface area contributed by atoms with E-state index in [-0.39, 0.29) is 19.6 Å². The number of nitrogens with zero attached hydrogens (tertiary/aromatic N) is 1. The van der Waals surface area contributed by atoms with Crippen molar-refractivity contribution >= 4 is 22.0 Å². The van der Waals surface area contributed by atoms with E-state index < -0.39 is 22.0 Å². The molecule has 0 spiro atoms. The second-order valence-corrected chi connectivity index (χ2v) is 5.33. The first kappa shape index (κ1) is 15.7. The maximum absolute atomic E-state index is 11.3. The summed E-state index contributed by atoms with van der Waals surface area (Å²) >= 11 is 0. The van der Waals surface area contributed by atoms with Crippen LogP contribution in [0.15, 0.2) is 0 Å². The fraction of sp³-hybridized carbons (Fsp3) is 0.750. The Bertz CT molecular complexity index is 367. The lowest BCUT2D eigenvalue weighted by Crippen LogP contribution is -2.41. The van der Waals surface area contributed by atoms with Gasteiger partial charge in [-0.25, -0.2) is 17.9 Å². The molecule has 0 atom stereocenters. The van der Waals surface area contributed by atoms with E-state index in [4.69, 9.17) is 5.11 Å². The number of hydrogen-bond donors (Lipinski definition) is 3. The van der Waals surface area contributed by atoms with Crippen LogP contribution in [0.1, 0.15) is 6.42 Å². The van der Waals surface area contributed by atoms with Crippen LogP contribution in [0.3, 0.4) is 0 Å². The van der Waals surface area contributed by atoms with Crippen LogP contribution < -0.4 is 10.0 Å². The summed E-state index contributed by atoms with van der Waals surface area (Å²) in [7, 11) is -1.85. The molecule has 0 saturated carbocycles. The number of sulfonamides is 1. The smallest absolute Gasteiger partial charge is 0.323 e. The zero-order chi connectivity index (χ0) is 13.5. The highest BCUT2D eigenvalue weighted by molar-refractivity contribution is 7.88. The lowest BCUT2D eigenvalue weighted by molar-refractivity contribution is -0.137. The first-order valence-corrected chi connectivity index (χ1v) is 6.77. The largest absolute Gasteiger partial charge is 0.480 e. The number of amides is 2. The molecule has 0 aromatic carbocycles. The van der Waals surface area contributed by atoms with E-state index in [1.807, 2.05) is 0 Å². The number of likely N-dealkylation sites (N-methyl/N-ethyl adjacent to an activating group) is 1. The van der Waals surface area contributed by atoms with E-state index in [1.54, 1.807) is 0 Å². The third-order valence-corrected chi connectivity index (χ3v) is 2.44. The Balaban J connectivity index is 3.68. The SMILES string of the molecule is CN(CC(=O)O)C(=O)NCCCNS(C)(=O)=O. The average molecular weight is 267 g/mol. The normalized spacial score (nSPS) is 10.9. The molecule has 0 radical (unpaired) electrons. The highest BCUT2D eigenvalue weighted by atomic mass is 32.2. The van der Waals surface area contributed by atoms with Gasteiger partial charge in [0.2, 0.25) is 10.0 Å². The van der Waals surface area contributed by atoms with E-state index in [0.717, 1.165) is 11.2 Å². The molecule has 2 amide bonds. The van der Waals surface area contributed by atoms with Crippen molar-refractivity contribution in [2.45, 2.75) is 6.42 Å². The van der Waals surface area contributed by atoms with Gasteiger partial charge in [-0.2, -0.15) is 0 Å². The summed E-state index contributed by atoms with van der Waals surface area (Å²) in [4.78, 5) is 22.6. The van der Waals surface area contributed by atoms with Gasteiger partial charge < -0.3 is 15.3 Å². The first-order chi connectivity index (χ1) is 7.72. The van der Waals surface area contributed by atoms with E-state index in [0.29, 0.717) is 6.42 Å². The van der Waals surface area contributed by atoms with Crippen LogP contribution in [0.25, 0.3) is 0 Å². The summed E-state index contributed by atoms with van der Waals surface area (Å²) in [6, 6.07) is -0.508. The lowest BCUT2D eigenvalue weighted by Gasteiger charge is -2.15. The molecule has 0 aliphatic rings. The Morgan fingerprint density at radius 2 is 1.88 bits per heavy atom. The predicted octanol–water partition coefficient (Wildman–Crippen LogP) is -1.35. The quantitative estimate of drug-likeness (QED) is 0.493. The molecule has 0 aromatic heterocycles. The number of carboxylic acids is 1. The lowest BCUT2D eigenvalue weighted by atomic mass is 10.4. The molecule has 9 heteroatoms. The molecule has 3 N–H and O–H groups in total. The number of urea groups is 1. The molecule has 17 heavy (non-hydrogen) atoms. The van der Waals surface area contributed by atoms with E-state index in [2.05, 4.69) is 10.0 Å². The number of carboxylic acid groups (broad SMARTS) is 1. The van der Waals surface area contributed by atoms with E-state index >= 15 is 0 Å².